The molecule has 0 aliphatic heterocycles. The van der Waals surface area contributed by atoms with Crippen LogP contribution in [0.15, 0.2) is 0 Å². The zero-order valence-corrected chi connectivity index (χ0v) is 9.62. The molecular formula is C8H21NOSi. The van der Waals surface area contributed by atoms with Crippen LogP contribution in [0.3, 0.4) is 0 Å². The molecule has 0 bridgehead atoms. The minimum Gasteiger partial charge on any atom is -0.309 e. The highest BCUT2D eigenvalue weighted by Gasteiger charge is 2.35. The molecule has 0 heterocycles. The maximum atomic E-state index is 5.24. The molecule has 0 saturated carbocycles. The molecule has 0 spiro atoms. The van der Waals surface area contributed by atoms with E-state index in [4.69, 9.17) is 4.84 Å². The fourth-order valence-electron chi connectivity index (χ4n) is 0.406. The predicted octanol–water partition coefficient (Wildman–Crippen LogP) is 2.53. The Morgan fingerprint density at radius 3 is 2.00 bits per heavy atom. The molecule has 0 rings (SSSR count). The second kappa shape index (κ2) is 3.69. The van der Waals surface area contributed by atoms with Crippen LogP contribution < -0.4 is 5.15 Å². The first kappa shape index (κ1) is 11.1. The van der Waals surface area contributed by atoms with Crippen LogP contribution in [0.5, 0.6) is 0 Å². The third-order valence-corrected chi connectivity index (χ3v) is 6.75. The van der Waals surface area contributed by atoms with E-state index in [1.165, 1.54) is 0 Å². The van der Waals surface area contributed by atoms with Crippen molar-refractivity contribution in [2.24, 2.45) is 0 Å². The topological polar surface area (TPSA) is 21.3 Å². The fraction of sp³-hybridized carbons (Fsp3) is 1.00. The van der Waals surface area contributed by atoms with E-state index in [9.17, 15) is 0 Å². The average molecular weight is 175 g/mol. The van der Waals surface area contributed by atoms with E-state index >= 15 is 0 Å². The number of rotatable bonds is 3. The Balaban J connectivity index is 4.00. The molecule has 0 saturated heterocycles. The van der Waals surface area contributed by atoms with Crippen LogP contribution in [0.25, 0.3) is 0 Å². The molecule has 1 N–H and O–H groups in total. The summed E-state index contributed by atoms with van der Waals surface area (Å²) in [4.78, 5) is 5.24. The van der Waals surface area contributed by atoms with Gasteiger partial charge in [0.2, 0.25) is 0 Å². The minimum atomic E-state index is -1.40. The molecule has 0 fully saturated rings. The van der Waals surface area contributed by atoms with Gasteiger partial charge in [-0.15, -0.1) is 0 Å². The van der Waals surface area contributed by atoms with Gasteiger partial charge < -0.3 is 4.84 Å². The maximum absolute atomic E-state index is 5.24. The SMILES string of the molecule is CCON[Si](C)(C)C(C)(C)C. The van der Waals surface area contributed by atoms with E-state index in [0.717, 1.165) is 6.61 Å². The van der Waals surface area contributed by atoms with Crippen molar-refractivity contribution < 1.29 is 4.84 Å². The second-order valence-electron chi connectivity index (χ2n) is 4.41. The van der Waals surface area contributed by atoms with Gasteiger partial charge in [-0.25, -0.2) is 5.15 Å². The number of hydrogen-bond acceptors (Lipinski definition) is 2. The van der Waals surface area contributed by atoms with Gasteiger partial charge in [-0.3, -0.25) is 0 Å². The molecule has 0 aromatic rings. The molecule has 0 aromatic carbocycles. The van der Waals surface area contributed by atoms with Crippen LogP contribution in [-0.2, 0) is 4.84 Å². The van der Waals surface area contributed by atoms with Crippen LogP contribution in [-0.4, -0.2) is 14.8 Å². The van der Waals surface area contributed by atoms with Crippen molar-refractivity contribution in [1.29, 1.82) is 0 Å². The van der Waals surface area contributed by atoms with Crippen LogP contribution in [0.1, 0.15) is 27.7 Å². The minimum absolute atomic E-state index is 0.349. The van der Waals surface area contributed by atoms with Gasteiger partial charge in [-0.2, -0.15) is 0 Å². The summed E-state index contributed by atoms with van der Waals surface area (Å²) >= 11 is 0. The molecule has 0 amide bonds. The normalized spacial score (nSPS) is 13.6. The van der Waals surface area contributed by atoms with Crippen LogP contribution in [0.4, 0.5) is 0 Å². The molecule has 68 valence electrons. The lowest BCUT2D eigenvalue weighted by molar-refractivity contribution is 0.0954. The third kappa shape index (κ3) is 3.36. The van der Waals surface area contributed by atoms with Crippen molar-refractivity contribution in [1.82, 2.24) is 5.15 Å². The van der Waals surface area contributed by atoms with E-state index in [1.807, 2.05) is 6.92 Å². The lowest BCUT2D eigenvalue weighted by Crippen LogP contribution is -2.51. The molecule has 0 atom stereocenters. The van der Waals surface area contributed by atoms with Gasteiger partial charge in [0, 0.05) is 0 Å². The van der Waals surface area contributed by atoms with Crippen molar-refractivity contribution in [3.05, 3.63) is 0 Å². The third-order valence-electron chi connectivity index (χ3n) is 2.35. The van der Waals surface area contributed by atoms with Gasteiger partial charge >= 0.3 is 0 Å². The summed E-state index contributed by atoms with van der Waals surface area (Å²) < 4.78 is 0. The van der Waals surface area contributed by atoms with Crippen LogP contribution in [0.2, 0.25) is 18.1 Å². The highest BCUT2D eigenvalue weighted by Crippen LogP contribution is 2.33. The molecule has 0 radical (unpaired) electrons. The van der Waals surface area contributed by atoms with Crippen molar-refractivity contribution in [2.75, 3.05) is 6.61 Å². The zero-order chi connectivity index (χ0) is 9.12. The Labute approximate surface area is 71.4 Å². The Hall–Kier alpha value is 0.137. The Bertz CT molecular complexity index is 118. The predicted molar refractivity (Wildman–Crippen MR) is 52.0 cm³/mol. The van der Waals surface area contributed by atoms with Crippen LogP contribution in [0, 0.1) is 0 Å². The quantitative estimate of drug-likeness (QED) is 0.526. The van der Waals surface area contributed by atoms with Crippen molar-refractivity contribution >= 4 is 8.24 Å². The van der Waals surface area contributed by atoms with Crippen LogP contribution >= 0.6 is 0 Å². The van der Waals surface area contributed by atoms with E-state index in [-0.39, 0.29) is 0 Å². The lowest BCUT2D eigenvalue weighted by Gasteiger charge is -2.36. The Morgan fingerprint density at radius 1 is 1.27 bits per heavy atom. The summed E-state index contributed by atoms with van der Waals surface area (Å²) in [6, 6.07) is 0. The van der Waals surface area contributed by atoms with E-state index in [2.05, 4.69) is 39.0 Å². The van der Waals surface area contributed by atoms with Crippen molar-refractivity contribution in [3.63, 3.8) is 0 Å². The lowest BCUT2D eigenvalue weighted by atomic mass is 10.2. The fourth-order valence-corrected chi connectivity index (χ4v) is 1.22. The van der Waals surface area contributed by atoms with Gasteiger partial charge in [0.1, 0.15) is 0 Å². The first-order chi connectivity index (χ1) is 4.81. The summed E-state index contributed by atoms with van der Waals surface area (Å²) in [5.41, 5.74) is 0. The highest BCUT2D eigenvalue weighted by atomic mass is 28.3. The van der Waals surface area contributed by atoms with Crippen molar-refractivity contribution in [3.8, 4) is 0 Å². The molecular weight excluding hydrogens is 154 g/mol. The first-order valence-electron chi connectivity index (χ1n) is 4.20. The molecule has 2 nitrogen and oxygen atoms in total. The van der Waals surface area contributed by atoms with E-state index in [1.54, 1.807) is 0 Å². The number of nitrogens with one attached hydrogen (secondary N) is 1. The Kier molecular flexibility index (Phi) is 3.74. The standard InChI is InChI=1S/C8H21NOSi/c1-7-10-9-11(5,6)8(2,3)4/h9H,7H2,1-6H3. The molecule has 0 aromatic heterocycles. The summed E-state index contributed by atoms with van der Waals surface area (Å²) in [6.45, 7) is 14.1. The second-order valence-corrected chi connectivity index (χ2v) is 9.36. The first-order valence-corrected chi connectivity index (χ1v) is 7.20. The van der Waals surface area contributed by atoms with Crippen molar-refractivity contribution in [2.45, 2.75) is 45.8 Å². The number of hydrogen-bond donors (Lipinski definition) is 1. The largest absolute Gasteiger partial charge is 0.309 e. The average Bonchev–Trinajstić information content (AvgIpc) is 1.81. The highest BCUT2D eigenvalue weighted by molar-refractivity contribution is 6.77. The van der Waals surface area contributed by atoms with E-state index < -0.39 is 8.24 Å². The van der Waals surface area contributed by atoms with Gasteiger partial charge in [-0.1, -0.05) is 33.9 Å². The van der Waals surface area contributed by atoms with Gasteiger partial charge in [0.25, 0.3) is 0 Å². The summed E-state index contributed by atoms with van der Waals surface area (Å²) in [6.07, 6.45) is 0. The molecule has 0 unspecified atom stereocenters. The summed E-state index contributed by atoms with van der Waals surface area (Å²) in [5.74, 6) is 0. The molecule has 11 heavy (non-hydrogen) atoms. The molecule has 3 heteroatoms. The summed E-state index contributed by atoms with van der Waals surface area (Å²) in [5, 5.41) is 3.54. The maximum Gasteiger partial charge on any atom is 0.155 e. The zero-order valence-electron chi connectivity index (χ0n) is 8.62. The van der Waals surface area contributed by atoms with E-state index in [0.29, 0.717) is 5.04 Å². The summed E-state index contributed by atoms with van der Waals surface area (Å²) in [7, 11) is -1.40. The molecule has 0 aliphatic rings. The monoisotopic (exact) mass is 175 g/mol. The van der Waals surface area contributed by atoms with Gasteiger partial charge in [0.05, 0.1) is 6.61 Å². The Morgan fingerprint density at radius 2 is 1.73 bits per heavy atom. The smallest absolute Gasteiger partial charge is 0.155 e. The van der Waals surface area contributed by atoms with Gasteiger partial charge in [-0.05, 0) is 12.0 Å². The molecule has 0 aliphatic carbocycles. The van der Waals surface area contributed by atoms with Gasteiger partial charge in [0.15, 0.2) is 8.24 Å².